The third kappa shape index (κ3) is 1.99. The van der Waals surface area contributed by atoms with E-state index in [1.807, 2.05) is 19.2 Å². The zero-order valence-electron chi connectivity index (χ0n) is 10.2. The maximum atomic E-state index is 11.9. The van der Waals surface area contributed by atoms with Crippen LogP contribution in [0, 0.1) is 0 Å². The molecule has 2 heterocycles. The Hall–Kier alpha value is -1.89. The minimum Gasteiger partial charge on any atom is -0.291 e. The first-order valence-corrected chi connectivity index (χ1v) is 6.58. The Balaban J connectivity index is 2.16. The Bertz CT molecular complexity index is 694. The second-order valence-electron chi connectivity index (χ2n) is 4.39. The van der Waals surface area contributed by atoms with Gasteiger partial charge >= 0.3 is 6.03 Å². The molecule has 0 atom stereocenters. The number of carbonyl (C=O) groups is 2. The number of hydrogen-bond acceptors (Lipinski definition) is 3. The van der Waals surface area contributed by atoms with Crippen LogP contribution in [-0.2, 0) is 11.8 Å². The number of hydrogen-bond donors (Lipinski definition) is 1. The SMILES string of the molecule is Cn1ncc2cc(Br)cc(N3CCC(=O)NC3=O)c21. The van der Waals surface area contributed by atoms with Gasteiger partial charge in [-0.2, -0.15) is 5.10 Å². The number of imide groups is 1. The number of fused-ring (bicyclic) bond motifs is 1. The van der Waals surface area contributed by atoms with Crippen molar-refractivity contribution in [2.45, 2.75) is 6.42 Å². The van der Waals surface area contributed by atoms with E-state index in [4.69, 9.17) is 0 Å². The molecule has 0 saturated carbocycles. The predicted molar refractivity (Wildman–Crippen MR) is 73.9 cm³/mol. The number of carbonyl (C=O) groups excluding carboxylic acids is 2. The van der Waals surface area contributed by atoms with Gasteiger partial charge in [0.1, 0.15) is 0 Å². The van der Waals surface area contributed by atoms with Crippen molar-refractivity contribution in [1.29, 1.82) is 0 Å². The Kier molecular flexibility index (Phi) is 2.78. The van der Waals surface area contributed by atoms with E-state index in [9.17, 15) is 9.59 Å². The maximum absolute atomic E-state index is 11.9. The van der Waals surface area contributed by atoms with Crippen molar-refractivity contribution in [1.82, 2.24) is 15.1 Å². The molecule has 6 nitrogen and oxygen atoms in total. The lowest BCUT2D eigenvalue weighted by atomic mass is 10.2. The minimum atomic E-state index is -0.392. The van der Waals surface area contributed by atoms with Crippen LogP contribution in [0.2, 0.25) is 0 Å². The molecular weight excluding hydrogens is 312 g/mol. The molecule has 3 rings (SSSR count). The number of anilines is 1. The van der Waals surface area contributed by atoms with Crippen molar-refractivity contribution in [3.05, 3.63) is 22.8 Å². The van der Waals surface area contributed by atoms with Gasteiger partial charge in [0.25, 0.3) is 0 Å². The molecule has 1 aliphatic heterocycles. The number of halogens is 1. The van der Waals surface area contributed by atoms with Crippen LogP contribution in [-0.4, -0.2) is 28.3 Å². The van der Waals surface area contributed by atoms with Gasteiger partial charge < -0.3 is 0 Å². The van der Waals surface area contributed by atoms with Crippen molar-refractivity contribution < 1.29 is 9.59 Å². The molecule has 0 aliphatic carbocycles. The van der Waals surface area contributed by atoms with Crippen LogP contribution in [0.4, 0.5) is 10.5 Å². The molecule has 1 aromatic carbocycles. The van der Waals surface area contributed by atoms with Crippen molar-refractivity contribution in [2.75, 3.05) is 11.4 Å². The first kappa shape index (κ1) is 12.2. The molecule has 0 spiro atoms. The Morgan fingerprint density at radius 3 is 2.89 bits per heavy atom. The number of benzene rings is 1. The number of rotatable bonds is 1. The molecule has 0 bridgehead atoms. The Morgan fingerprint density at radius 2 is 2.16 bits per heavy atom. The van der Waals surface area contributed by atoms with E-state index in [2.05, 4.69) is 26.3 Å². The second-order valence-corrected chi connectivity index (χ2v) is 5.30. The van der Waals surface area contributed by atoms with Crippen LogP contribution < -0.4 is 10.2 Å². The Labute approximate surface area is 117 Å². The van der Waals surface area contributed by atoms with E-state index < -0.39 is 6.03 Å². The van der Waals surface area contributed by atoms with Crippen LogP contribution in [0.15, 0.2) is 22.8 Å². The summed E-state index contributed by atoms with van der Waals surface area (Å²) in [6.07, 6.45) is 2.05. The second kappa shape index (κ2) is 4.34. The number of aromatic nitrogens is 2. The third-order valence-corrected chi connectivity index (χ3v) is 3.58. The van der Waals surface area contributed by atoms with Gasteiger partial charge in [0.05, 0.1) is 17.4 Å². The minimum absolute atomic E-state index is 0.238. The largest absolute Gasteiger partial charge is 0.328 e. The summed E-state index contributed by atoms with van der Waals surface area (Å²) in [6, 6.07) is 3.41. The number of nitrogens with zero attached hydrogens (tertiary/aromatic N) is 3. The molecule has 0 unspecified atom stereocenters. The molecule has 1 fully saturated rings. The number of nitrogens with one attached hydrogen (secondary N) is 1. The highest BCUT2D eigenvalue weighted by Crippen LogP contribution is 2.31. The fraction of sp³-hybridized carbons (Fsp3) is 0.250. The summed E-state index contributed by atoms with van der Waals surface area (Å²) < 4.78 is 2.59. The van der Waals surface area contributed by atoms with Gasteiger partial charge in [-0.1, -0.05) is 15.9 Å². The summed E-state index contributed by atoms with van der Waals surface area (Å²) >= 11 is 3.43. The molecule has 1 aromatic heterocycles. The first-order chi connectivity index (χ1) is 9.06. The normalized spacial score (nSPS) is 16.0. The first-order valence-electron chi connectivity index (χ1n) is 5.79. The predicted octanol–water partition coefficient (Wildman–Crippen LogP) is 1.78. The fourth-order valence-electron chi connectivity index (χ4n) is 2.26. The smallest absolute Gasteiger partial charge is 0.291 e. The number of amides is 3. The number of aryl methyl sites for hydroxylation is 1. The van der Waals surface area contributed by atoms with Crippen LogP contribution in [0.1, 0.15) is 6.42 Å². The molecule has 7 heteroatoms. The van der Waals surface area contributed by atoms with Crippen LogP contribution in [0.25, 0.3) is 10.9 Å². The van der Waals surface area contributed by atoms with Crippen LogP contribution >= 0.6 is 15.9 Å². The number of urea groups is 1. The average molecular weight is 323 g/mol. The molecule has 1 saturated heterocycles. The van der Waals surface area contributed by atoms with E-state index in [-0.39, 0.29) is 5.91 Å². The zero-order valence-corrected chi connectivity index (χ0v) is 11.8. The highest BCUT2D eigenvalue weighted by molar-refractivity contribution is 9.10. The molecule has 19 heavy (non-hydrogen) atoms. The van der Waals surface area contributed by atoms with Crippen molar-refractivity contribution >= 4 is 44.5 Å². The van der Waals surface area contributed by atoms with E-state index in [1.54, 1.807) is 15.8 Å². The van der Waals surface area contributed by atoms with Crippen molar-refractivity contribution in [3.8, 4) is 0 Å². The Morgan fingerprint density at radius 1 is 1.37 bits per heavy atom. The topological polar surface area (TPSA) is 67.2 Å². The molecular formula is C12H11BrN4O2. The van der Waals surface area contributed by atoms with Crippen LogP contribution in [0.5, 0.6) is 0 Å². The monoisotopic (exact) mass is 322 g/mol. The zero-order chi connectivity index (χ0) is 13.6. The summed E-state index contributed by atoms with van der Waals surface area (Å²) in [5.74, 6) is -0.238. The summed E-state index contributed by atoms with van der Waals surface area (Å²) in [4.78, 5) is 24.7. The quantitative estimate of drug-likeness (QED) is 0.870. The summed E-state index contributed by atoms with van der Waals surface area (Å²) in [5.41, 5.74) is 1.61. The lowest BCUT2D eigenvalue weighted by Crippen LogP contribution is -2.49. The van der Waals surface area contributed by atoms with Gasteiger partial charge in [-0.3, -0.25) is 19.7 Å². The summed E-state index contributed by atoms with van der Waals surface area (Å²) in [7, 11) is 1.83. The van der Waals surface area contributed by atoms with E-state index in [0.717, 1.165) is 21.1 Å². The van der Waals surface area contributed by atoms with Crippen LogP contribution in [0.3, 0.4) is 0 Å². The molecule has 2 aromatic rings. The van der Waals surface area contributed by atoms with E-state index in [0.29, 0.717) is 13.0 Å². The average Bonchev–Trinajstić information content (AvgIpc) is 2.70. The summed E-state index contributed by atoms with van der Waals surface area (Å²) in [5, 5.41) is 7.47. The molecule has 0 radical (unpaired) electrons. The molecule has 98 valence electrons. The van der Waals surface area contributed by atoms with Gasteiger partial charge in [0.2, 0.25) is 5.91 Å². The lowest BCUT2D eigenvalue weighted by molar-refractivity contribution is -0.120. The highest BCUT2D eigenvalue weighted by Gasteiger charge is 2.26. The van der Waals surface area contributed by atoms with Gasteiger partial charge in [0, 0.05) is 29.9 Å². The van der Waals surface area contributed by atoms with Gasteiger partial charge in [-0.05, 0) is 12.1 Å². The maximum Gasteiger partial charge on any atom is 0.328 e. The van der Waals surface area contributed by atoms with Gasteiger partial charge in [-0.25, -0.2) is 4.79 Å². The van der Waals surface area contributed by atoms with E-state index in [1.165, 1.54) is 0 Å². The van der Waals surface area contributed by atoms with Crippen molar-refractivity contribution in [3.63, 3.8) is 0 Å². The molecule has 1 aliphatic rings. The summed E-state index contributed by atoms with van der Waals surface area (Å²) in [6.45, 7) is 0.376. The molecule has 3 amide bonds. The lowest BCUT2D eigenvalue weighted by Gasteiger charge is -2.27. The van der Waals surface area contributed by atoms with Crippen molar-refractivity contribution in [2.24, 2.45) is 7.05 Å². The standard InChI is InChI=1S/C12H11BrN4O2/c1-16-11-7(6-14-16)4-8(13)5-9(11)17-3-2-10(18)15-12(17)19/h4-6H,2-3H2,1H3,(H,15,18,19). The van der Waals surface area contributed by atoms with E-state index >= 15 is 0 Å². The van der Waals surface area contributed by atoms with Gasteiger partial charge in [-0.15, -0.1) is 0 Å². The highest BCUT2D eigenvalue weighted by atomic mass is 79.9. The fourth-order valence-corrected chi connectivity index (χ4v) is 2.73. The molecule has 1 N–H and O–H groups in total. The van der Waals surface area contributed by atoms with Gasteiger partial charge in [0.15, 0.2) is 0 Å². The third-order valence-electron chi connectivity index (χ3n) is 3.12.